The number of halogens is 1. The van der Waals surface area contributed by atoms with E-state index in [0.29, 0.717) is 18.3 Å². The van der Waals surface area contributed by atoms with Crippen molar-refractivity contribution in [2.75, 3.05) is 5.32 Å². The molecule has 0 radical (unpaired) electrons. The van der Waals surface area contributed by atoms with Crippen molar-refractivity contribution in [3.8, 4) is 11.4 Å². The Morgan fingerprint density at radius 3 is 3.05 bits per heavy atom. The highest BCUT2D eigenvalue weighted by molar-refractivity contribution is 7.08. The Hall–Kier alpha value is -2.21. The number of anilines is 1. The summed E-state index contributed by atoms with van der Waals surface area (Å²) in [4.78, 5) is 4.29. The molecule has 102 valence electrons. The van der Waals surface area contributed by atoms with Gasteiger partial charge in [-0.15, -0.1) is 0 Å². The van der Waals surface area contributed by atoms with Crippen LogP contribution in [0.1, 0.15) is 11.5 Å². The number of hydrogen-bond acceptors (Lipinski definition) is 5. The van der Waals surface area contributed by atoms with Gasteiger partial charge in [-0.1, -0.05) is 11.2 Å². The van der Waals surface area contributed by atoms with Crippen molar-refractivity contribution in [3.05, 3.63) is 52.3 Å². The molecule has 4 nitrogen and oxygen atoms in total. The summed E-state index contributed by atoms with van der Waals surface area (Å²) in [5.41, 5.74) is 2.62. The molecule has 0 aliphatic heterocycles. The molecular weight excluding hydrogens is 277 g/mol. The number of aromatic nitrogens is 2. The maximum Gasteiger partial charge on any atom is 0.246 e. The van der Waals surface area contributed by atoms with Crippen LogP contribution in [-0.4, -0.2) is 10.1 Å². The molecule has 0 bridgehead atoms. The Bertz CT molecular complexity index is 709. The predicted octanol–water partition coefficient (Wildman–Crippen LogP) is 3.86. The second kappa shape index (κ2) is 5.42. The Morgan fingerprint density at radius 2 is 2.25 bits per heavy atom. The van der Waals surface area contributed by atoms with Gasteiger partial charge in [0, 0.05) is 16.6 Å². The lowest BCUT2D eigenvalue weighted by atomic mass is 10.2. The molecule has 0 aliphatic rings. The molecule has 3 aromatic rings. The molecule has 0 unspecified atom stereocenters. The van der Waals surface area contributed by atoms with E-state index in [2.05, 4.69) is 15.5 Å². The zero-order valence-electron chi connectivity index (χ0n) is 10.8. The van der Waals surface area contributed by atoms with E-state index in [1.807, 2.05) is 23.8 Å². The average Bonchev–Trinajstić information content (AvgIpc) is 3.09. The lowest BCUT2D eigenvalue weighted by molar-refractivity contribution is 0.384. The molecule has 0 saturated carbocycles. The molecule has 0 fully saturated rings. The molecule has 6 heteroatoms. The monoisotopic (exact) mass is 289 g/mol. The maximum absolute atomic E-state index is 13.2. The van der Waals surface area contributed by atoms with Crippen molar-refractivity contribution in [2.45, 2.75) is 13.5 Å². The van der Waals surface area contributed by atoms with Crippen LogP contribution in [0.2, 0.25) is 0 Å². The van der Waals surface area contributed by atoms with Crippen LogP contribution in [0, 0.1) is 12.7 Å². The van der Waals surface area contributed by atoms with Gasteiger partial charge in [0.25, 0.3) is 0 Å². The minimum atomic E-state index is -0.275. The summed E-state index contributed by atoms with van der Waals surface area (Å²) in [6, 6.07) is 6.54. The number of rotatable bonds is 4. The van der Waals surface area contributed by atoms with Gasteiger partial charge in [0.15, 0.2) is 0 Å². The minimum Gasteiger partial charge on any atom is -0.376 e. The van der Waals surface area contributed by atoms with E-state index in [1.165, 1.54) is 12.1 Å². The first kappa shape index (κ1) is 12.8. The quantitative estimate of drug-likeness (QED) is 0.792. The second-order valence-electron chi connectivity index (χ2n) is 4.34. The molecule has 1 N–H and O–H groups in total. The van der Waals surface area contributed by atoms with Gasteiger partial charge in [-0.2, -0.15) is 16.3 Å². The van der Waals surface area contributed by atoms with Crippen molar-refractivity contribution in [2.24, 2.45) is 0 Å². The van der Waals surface area contributed by atoms with Gasteiger partial charge in [0.2, 0.25) is 11.7 Å². The van der Waals surface area contributed by atoms with Crippen molar-refractivity contribution < 1.29 is 8.91 Å². The van der Waals surface area contributed by atoms with Crippen molar-refractivity contribution in [1.82, 2.24) is 10.1 Å². The zero-order valence-corrected chi connectivity index (χ0v) is 11.6. The summed E-state index contributed by atoms with van der Waals surface area (Å²) in [6.45, 7) is 2.27. The largest absolute Gasteiger partial charge is 0.376 e. The summed E-state index contributed by atoms with van der Waals surface area (Å²) in [7, 11) is 0. The molecule has 2 heterocycles. The van der Waals surface area contributed by atoms with Crippen LogP contribution in [0.4, 0.5) is 10.1 Å². The molecule has 0 spiro atoms. The summed E-state index contributed by atoms with van der Waals surface area (Å²) >= 11 is 1.58. The lowest BCUT2D eigenvalue weighted by Gasteiger charge is -2.06. The number of nitrogens with one attached hydrogen (secondary N) is 1. The van der Waals surface area contributed by atoms with E-state index in [0.717, 1.165) is 16.8 Å². The van der Waals surface area contributed by atoms with E-state index >= 15 is 0 Å². The van der Waals surface area contributed by atoms with Gasteiger partial charge < -0.3 is 9.84 Å². The van der Waals surface area contributed by atoms with E-state index in [9.17, 15) is 4.39 Å². The number of aryl methyl sites for hydroxylation is 1. The van der Waals surface area contributed by atoms with Crippen LogP contribution < -0.4 is 5.32 Å². The van der Waals surface area contributed by atoms with Crippen molar-refractivity contribution >= 4 is 17.0 Å². The number of nitrogens with zero attached hydrogens (tertiary/aromatic N) is 2. The maximum atomic E-state index is 13.2. The third-order valence-electron chi connectivity index (χ3n) is 2.88. The zero-order chi connectivity index (χ0) is 13.9. The van der Waals surface area contributed by atoms with E-state index in [1.54, 1.807) is 17.4 Å². The third kappa shape index (κ3) is 2.70. The summed E-state index contributed by atoms with van der Waals surface area (Å²) in [5.74, 6) is 0.761. The minimum absolute atomic E-state index is 0.275. The number of hydrogen-bond donors (Lipinski definition) is 1. The Balaban J connectivity index is 1.71. The lowest BCUT2D eigenvalue weighted by Crippen LogP contribution is -2.01. The first-order valence-electron chi connectivity index (χ1n) is 6.07. The Kier molecular flexibility index (Phi) is 3.47. The van der Waals surface area contributed by atoms with Gasteiger partial charge in [0.1, 0.15) is 5.82 Å². The summed E-state index contributed by atoms with van der Waals surface area (Å²) in [6.07, 6.45) is 0. The molecule has 3 rings (SSSR count). The molecular formula is C14H12FN3OS. The molecule has 0 amide bonds. The predicted molar refractivity (Wildman–Crippen MR) is 76.1 cm³/mol. The molecule has 2 aromatic heterocycles. The fourth-order valence-electron chi connectivity index (χ4n) is 1.79. The molecule has 1 aromatic carbocycles. The third-order valence-corrected chi connectivity index (χ3v) is 3.56. The van der Waals surface area contributed by atoms with Crippen molar-refractivity contribution in [3.63, 3.8) is 0 Å². The van der Waals surface area contributed by atoms with E-state index in [4.69, 9.17) is 4.52 Å². The summed E-state index contributed by atoms with van der Waals surface area (Å²) in [5, 5.41) is 10.9. The standard InChI is InChI=1S/C14H12FN3OS/c1-9-2-3-11(15)6-12(9)16-7-13-17-14(18-19-13)10-4-5-20-8-10/h2-6,8,16H,7H2,1H3. The van der Waals surface area contributed by atoms with E-state index < -0.39 is 0 Å². The number of thiophene rings is 1. The average molecular weight is 289 g/mol. The fourth-order valence-corrected chi connectivity index (χ4v) is 2.43. The van der Waals surface area contributed by atoms with Gasteiger partial charge in [-0.3, -0.25) is 0 Å². The van der Waals surface area contributed by atoms with Crippen LogP contribution in [0.5, 0.6) is 0 Å². The SMILES string of the molecule is Cc1ccc(F)cc1NCc1nc(-c2ccsc2)no1. The molecule has 20 heavy (non-hydrogen) atoms. The normalized spacial score (nSPS) is 10.7. The van der Waals surface area contributed by atoms with Crippen LogP contribution in [0.3, 0.4) is 0 Å². The smallest absolute Gasteiger partial charge is 0.246 e. The van der Waals surface area contributed by atoms with Gasteiger partial charge in [-0.25, -0.2) is 4.39 Å². The molecule has 0 aliphatic carbocycles. The Labute approximate surface area is 119 Å². The van der Waals surface area contributed by atoms with Crippen LogP contribution in [-0.2, 0) is 6.54 Å². The highest BCUT2D eigenvalue weighted by Crippen LogP contribution is 2.20. The van der Waals surface area contributed by atoms with Crippen molar-refractivity contribution in [1.29, 1.82) is 0 Å². The first-order valence-corrected chi connectivity index (χ1v) is 7.02. The highest BCUT2D eigenvalue weighted by atomic mass is 32.1. The molecule has 0 atom stereocenters. The first-order chi connectivity index (χ1) is 9.72. The van der Waals surface area contributed by atoms with Crippen LogP contribution in [0.15, 0.2) is 39.5 Å². The van der Waals surface area contributed by atoms with Crippen LogP contribution in [0.25, 0.3) is 11.4 Å². The second-order valence-corrected chi connectivity index (χ2v) is 5.12. The summed E-state index contributed by atoms with van der Waals surface area (Å²) < 4.78 is 18.3. The number of benzene rings is 1. The fraction of sp³-hybridized carbons (Fsp3) is 0.143. The van der Waals surface area contributed by atoms with Gasteiger partial charge >= 0.3 is 0 Å². The van der Waals surface area contributed by atoms with Gasteiger partial charge in [-0.05, 0) is 36.1 Å². The topological polar surface area (TPSA) is 51.0 Å². The van der Waals surface area contributed by atoms with Gasteiger partial charge in [0.05, 0.1) is 6.54 Å². The Morgan fingerprint density at radius 1 is 1.35 bits per heavy atom. The van der Waals surface area contributed by atoms with Crippen LogP contribution >= 0.6 is 11.3 Å². The highest BCUT2D eigenvalue weighted by Gasteiger charge is 2.09. The molecule has 0 saturated heterocycles. The van der Waals surface area contributed by atoms with E-state index in [-0.39, 0.29) is 5.82 Å².